The molecule has 2 aromatic heterocycles. The number of para-hydroxylation sites is 1. The molecule has 0 unspecified atom stereocenters. The highest BCUT2D eigenvalue weighted by Crippen LogP contribution is 2.31. The first-order valence-corrected chi connectivity index (χ1v) is 12.0. The highest BCUT2D eigenvalue weighted by atomic mass is 16.5. The van der Waals surface area contributed by atoms with E-state index in [1.807, 2.05) is 91.9 Å². The molecule has 5 aromatic rings. The molecule has 0 bridgehead atoms. The van der Waals surface area contributed by atoms with E-state index in [4.69, 9.17) is 4.74 Å². The number of anilines is 2. The first-order chi connectivity index (χ1) is 18.1. The molecule has 0 aliphatic heterocycles. The molecule has 3 aromatic carbocycles. The molecule has 1 amide bonds. The van der Waals surface area contributed by atoms with Crippen molar-refractivity contribution in [2.45, 2.75) is 13.3 Å². The minimum Gasteiger partial charge on any atom is -0.457 e. The quantitative estimate of drug-likeness (QED) is 0.279. The van der Waals surface area contributed by atoms with Crippen LogP contribution in [0.25, 0.3) is 5.52 Å². The summed E-state index contributed by atoms with van der Waals surface area (Å²) in [5.41, 5.74) is 4.85. The van der Waals surface area contributed by atoms with Gasteiger partial charge in [-0.15, -0.1) is 0 Å². The van der Waals surface area contributed by atoms with E-state index in [2.05, 4.69) is 21.8 Å². The summed E-state index contributed by atoms with van der Waals surface area (Å²) in [6, 6.07) is 29.3. The van der Waals surface area contributed by atoms with Crippen molar-refractivity contribution >= 4 is 22.8 Å². The molecule has 0 aliphatic carbocycles. The summed E-state index contributed by atoms with van der Waals surface area (Å²) < 4.78 is 7.51. The van der Waals surface area contributed by atoms with E-state index >= 15 is 0 Å². The van der Waals surface area contributed by atoms with E-state index in [-0.39, 0.29) is 5.91 Å². The summed E-state index contributed by atoms with van der Waals surface area (Å²) in [5, 5.41) is 20.5. The number of hydrogen-bond donors (Lipinski definition) is 2. The van der Waals surface area contributed by atoms with Crippen molar-refractivity contribution in [2.75, 3.05) is 11.9 Å². The molecular weight excluding hydrogens is 462 g/mol. The van der Waals surface area contributed by atoms with Crippen LogP contribution in [0.15, 0.2) is 97.3 Å². The van der Waals surface area contributed by atoms with E-state index in [9.17, 15) is 10.1 Å². The van der Waals surface area contributed by atoms with Gasteiger partial charge in [0.15, 0.2) is 0 Å². The number of amides is 1. The second-order valence-corrected chi connectivity index (χ2v) is 8.56. The lowest BCUT2D eigenvalue weighted by atomic mass is 10.1. The summed E-state index contributed by atoms with van der Waals surface area (Å²) in [4.78, 5) is 13.0. The van der Waals surface area contributed by atoms with Gasteiger partial charge in [-0.3, -0.25) is 4.79 Å². The molecular formula is C30H25N5O2. The third-order valence-corrected chi connectivity index (χ3v) is 6.07. The second-order valence-electron chi connectivity index (χ2n) is 8.56. The van der Waals surface area contributed by atoms with Crippen LogP contribution in [-0.2, 0) is 6.42 Å². The van der Waals surface area contributed by atoms with Crippen LogP contribution in [0, 0.1) is 18.3 Å². The molecule has 2 heterocycles. The minimum absolute atomic E-state index is 0.175. The lowest BCUT2D eigenvalue weighted by Gasteiger charge is -2.12. The van der Waals surface area contributed by atoms with Crippen molar-refractivity contribution in [3.05, 3.63) is 120 Å². The number of benzene rings is 3. The van der Waals surface area contributed by atoms with Crippen LogP contribution in [0.5, 0.6) is 11.5 Å². The molecule has 0 aliphatic rings. The van der Waals surface area contributed by atoms with Crippen LogP contribution >= 0.6 is 0 Å². The number of rotatable bonds is 8. The van der Waals surface area contributed by atoms with Gasteiger partial charge in [0, 0.05) is 18.4 Å². The van der Waals surface area contributed by atoms with E-state index in [0.717, 1.165) is 29.0 Å². The Balaban J connectivity index is 1.37. The zero-order valence-corrected chi connectivity index (χ0v) is 20.3. The standard InChI is InChI=1S/C30H25N5O2/c1-21-27(30(36)32-17-16-22-8-4-2-5-9-22)20-35-29(21)28(23(18-31)19-33-35)34-24-12-14-26(15-13-24)37-25-10-6-3-7-11-25/h2-15,19-20,34H,16-17H2,1H3,(H,32,36). The number of aryl methyl sites for hydroxylation is 1. The number of aromatic nitrogens is 2. The van der Waals surface area contributed by atoms with Crippen LogP contribution in [0.3, 0.4) is 0 Å². The number of fused-ring (bicyclic) bond motifs is 1. The van der Waals surface area contributed by atoms with Gasteiger partial charge in [-0.05, 0) is 60.9 Å². The first kappa shape index (κ1) is 23.6. The van der Waals surface area contributed by atoms with Gasteiger partial charge in [0.1, 0.15) is 17.6 Å². The number of hydrogen-bond acceptors (Lipinski definition) is 5. The third-order valence-electron chi connectivity index (χ3n) is 6.07. The Hall–Kier alpha value is -5.09. The summed E-state index contributed by atoms with van der Waals surface area (Å²) >= 11 is 0. The van der Waals surface area contributed by atoms with Gasteiger partial charge in [0.25, 0.3) is 5.91 Å². The topological polar surface area (TPSA) is 91.5 Å². The molecule has 0 fully saturated rings. The molecule has 37 heavy (non-hydrogen) atoms. The molecule has 182 valence electrons. The second kappa shape index (κ2) is 10.7. The maximum atomic E-state index is 13.0. The van der Waals surface area contributed by atoms with Gasteiger partial charge < -0.3 is 15.4 Å². The van der Waals surface area contributed by atoms with Gasteiger partial charge in [0.2, 0.25) is 0 Å². The van der Waals surface area contributed by atoms with Gasteiger partial charge in [-0.2, -0.15) is 10.4 Å². The van der Waals surface area contributed by atoms with Crippen molar-refractivity contribution in [1.82, 2.24) is 14.9 Å². The number of nitriles is 1. The molecule has 0 radical (unpaired) electrons. The molecule has 0 atom stereocenters. The van der Waals surface area contributed by atoms with E-state index in [0.29, 0.717) is 34.6 Å². The Morgan fingerprint density at radius 2 is 1.65 bits per heavy atom. The molecule has 7 nitrogen and oxygen atoms in total. The summed E-state index contributed by atoms with van der Waals surface area (Å²) in [6.07, 6.45) is 3.94. The lowest BCUT2D eigenvalue weighted by Crippen LogP contribution is -2.25. The van der Waals surface area contributed by atoms with E-state index in [1.165, 1.54) is 6.20 Å². The number of carbonyl (C=O) groups excluding carboxylic acids is 1. The van der Waals surface area contributed by atoms with Crippen LogP contribution < -0.4 is 15.4 Å². The van der Waals surface area contributed by atoms with Crippen LogP contribution in [0.2, 0.25) is 0 Å². The van der Waals surface area contributed by atoms with Crippen molar-refractivity contribution < 1.29 is 9.53 Å². The average Bonchev–Trinajstić information content (AvgIpc) is 3.28. The number of nitrogens with zero attached hydrogens (tertiary/aromatic N) is 3. The third kappa shape index (κ3) is 5.29. The monoisotopic (exact) mass is 487 g/mol. The largest absolute Gasteiger partial charge is 0.457 e. The number of nitrogens with one attached hydrogen (secondary N) is 2. The molecule has 5 rings (SSSR count). The Morgan fingerprint density at radius 3 is 2.35 bits per heavy atom. The predicted molar refractivity (Wildman–Crippen MR) is 143 cm³/mol. The highest BCUT2D eigenvalue weighted by Gasteiger charge is 2.19. The minimum atomic E-state index is -0.175. The van der Waals surface area contributed by atoms with Crippen LogP contribution in [0.4, 0.5) is 11.4 Å². The van der Waals surface area contributed by atoms with E-state index < -0.39 is 0 Å². The number of carbonyl (C=O) groups is 1. The summed E-state index contributed by atoms with van der Waals surface area (Å²) in [7, 11) is 0. The van der Waals surface area contributed by atoms with Gasteiger partial charge in [-0.1, -0.05) is 48.5 Å². The normalized spacial score (nSPS) is 10.6. The number of ether oxygens (including phenoxy) is 1. The SMILES string of the molecule is Cc1c(C(=O)NCCc2ccccc2)cn2ncc(C#N)c(Nc3ccc(Oc4ccccc4)cc3)c12. The lowest BCUT2D eigenvalue weighted by molar-refractivity contribution is 0.0953. The van der Waals surface area contributed by atoms with Crippen molar-refractivity contribution in [2.24, 2.45) is 0 Å². The summed E-state index contributed by atoms with van der Waals surface area (Å²) in [6.45, 7) is 2.39. The molecule has 2 N–H and O–H groups in total. The first-order valence-electron chi connectivity index (χ1n) is 12.0. The fourth-order valence-corrected chi connectivity index (χ4v) is 4.16. The highest BCUT2D eigenvalue weighted by molar-refractivity contribution is 6.00. The average molecular weight is 488 g/mol. The fourth-order valence-electron chi connectivity index (χ4n) is 4.16. The fraction of sp³-hybridized carbons (Fsp3) is 0.100. The van der Waals surface area contributed by atoms with Crippen molar-refractivity contribution in [3.63, 3.8) is 0 Å². The summed E-state index contributed by atoms with van der Waals surface area (Å²) in [5.74, 6) is 1.28. The Morgan fingerprint density at radius 1 is 0.973 bits per heavy atom. The zero-order chi connectivity index (χ0) is 25.6. The van der Waals surface area contributed by atoms with Crippen LogP contribution in [-0.4, -0.2) is 22.1 Å². The Labute approximate surface area is 215 Å². The maximum absolute atomic E-state index is 13.0. The predicted octanol–water partition coefficient (Wildman–Crippen LogP) is 6.02. The van der Waals surface area contributed by atoms with Crippen LogP contribution in [0.1, 0.15) is 27.0 Å². The van der Waals surface area contributed by atoms with E-state index in [1.54, 1.807) is 10.7 Å². The smallest absolute Gasteiger partial charge is 0.253 e. The zero-order valence-electron chi connectivity index (χ0n) is 20.3. The van der Waals surface area contributed by atoms with Gasteiger partial charge in [-0.25, -0.2) is 4.52 Å². The Kier molecular flexibility index (Phi) is 6.82. The maximum Gasteiger partial charge on any atom is 0.253 e. The molecule has 0 saturated carbocycles. The Bertz CT molecular complexity index is 1570. The van der Waals surface area contributed by atoms with Crippen molar-refractivity contribution in [1.29, 1.82) is 5.26 Å². The molecule has 0 saturated heterocycles. The molecule has 7 heteroatoms. The van der Waals surface area contributed by atoms with Crippen molar-refractivity contribution in [3.8, 4) is 17.6 Å². The molecule has 0 spiro atoms. The van der Waals surface area contributed by atoms with Gasteiger partial charge in [0.05, 0.1) is 28.5 Å². The van der Waals surface area contributed by atoms with Gasteiger partial charge >= 0.3 is 0 Å².